The van der Waals surface area contributed by atoms with E-state index in [1.165, 1.54) is 0 Å². The fraction of sp³-hybridized carbons (Fsp3) is 0.500. The molecular formula is C6H16N2Na2O5. The molecule has 0 saturated heterocycles. The number of aliphatic carboxylic acids is 2. The molecule has 0 radical (unpaired) electrons. The van der Waals surface area contributed by atoms with Gasteiger partial charge >= 0.3 is 71.1 Å². The van der Waals surface area contributed by atoms with Gasteiger partial charge in [0.15, 0.2) is 0 Å². The summed E-state index contributed by atoms with van der Waals surface area (Å²) < 4.78 is 0. The van der Waals surface area contributed by atoms with Crippen LogP contribution in [0.1, 0.15) is 1.43 Å². The zero-order valence-corrected chi connectivity index (χ0v) is 13.1. The van der Waals surface area contributed by atoms with E-state index >= 15 is 0 Å². The Bertz CT molecular complexity index is 128. The minimum atomic E-state index is -0.968. The Morgan fingerprint density at radius 2 is 1.13 bits per heavy atom. The van der Waals surface area contributed by atoms with Crippen molar-refractivity contribution in [2.75, 3.05) is 19.7 Å². The van der Waals surface area contributed by atoms with Crippen LogP contribution in [0.15, 0.2) is 0 Å². The maximum absolute atomic E-state index is 9.24. The summed E-state index contributed by atoms with van der Waals surface area (Å²) >= 11 is 0. The number of carbonyl (C=O) groups is 2. The van der Waals surface area contributed by atoms with Crippen LogP contribution in [0.2, 0.25) is 0 Å². The summed E-state index contributed by atoms with van der Waals surface area (Å²) in [4.78, 5) is 18.5. The van der Waals surface area contributed by atoms with Crippen LogP contribution in [0, 0.1) is 6.92 Å². The van der Waals surface area contributed by atoms with Crippen molar-refractivity contribution < 1.29 is 85.4 Å². The average molecular weight is 242 g/mol. The van der Waals surface area contributed by atoms with Crippen molar-refractivity contribution in [2.45, 2.75) is 0 Å². The zero-order valence-electron chi connectivity index (χ0n) is 10.1. The van der Waals surface area contributed by atoms with Crippen LogP contribution < -0.4 is 70.6 Å². The molecule has 0 aromatic rings. The molecule has 0 aromatic heterocycles. The van der Waals surface area contributed by atoms with Gasteiger partial charge in [0.1, 0.15) is 0 Å². The maximum atomic E-state index is 9.24. The first-order chi connectivity index (χ1) is 5.95. The predicted octanol–water partition coefficient (Wildman–Crippen LogP) is -8.01. The fourth-order valence-electron chi connectivity index (χ4n) is 0. The topological polar surface area (TPSA) is 147 Å². The summed E-state index contributed by atoms with van der Waals surface area (Å²) in [5.74, 6) is -1.94. The number of rotatable bonds is 2. The van der Waals surface area contributed by atoms with Gasteiger partial charge in [0.25, 0.3) is 0 Å². The van der Waals surface area contributed by atoms with Crippen LogP contribution in [0.25, 0.3) is 0 Å². The molecule has 0 unspecified atom stereocenters. The van der Waals surface area contributed by atoms with Gasteiger partial charge in [0.2, 0.25) is 0 Å². The van der Waals surface area contributed by atoms with E-state index in [-0.39, 0.29) is 80.2 Å². The van der Waals surface area contributed by atoms with E-state index in [2.05, 4.69) is 18.4 Å². The normalized spacial score (nSPS) is 6.13. The van der Waals surface area contributed by atoms with Gasteiger partial charge in [-0.25, -0.2) is 0 Å². The van der Waals surface area contributed by atoms with Crippen molar-refractivity contribution in [3.05, 3.63) is 6.92 Å². The van der Waals surface area contributed by atoms with Crippen LogP contribution in [-0.2, 0) is 9.59 Å². The van der Waals surface area contributed by atoms with Crippen molar-refractivity contribution >= 4 is 11.9 Å². The predicted molar refractivity (Wildman–Crippen MR) is 46.9 cm³/mol. The van der Waals surface area contributed by atoms with Crippen LogP contribution >= 0.6 is 0 Å². The average Bonchev–Trinajstić information content (AvgIpc) is 2.07. The molecule has 0 aromatic carbocycles. The third-order valence-corrected chi connectivity index (χ3v) is 0.349. The number of hydrogen-bond acceptors (Lipinski definition) is 5. The summed E-state index contributed by atoms with van der Waals surface area (Å²) in [7, 11) is 0. The fourth-order valence-corrected chi connectivity index (χ4v) is 0. The summed E-state index contributed by atoms with van der Waals surface area (Å²) in [6.07, 6.45) is 0. The van der Waals surface area contributed by atoms with E-state index in [1.54, 1.807) is 0 Å². The first-order valence-electron chi connectivity index (χ1n) is 3.20. The molecule has 7 nitrogen and oxygen atoms in total. The third kappa shape index (κ3) is 105. The van der Waals surface area contributed by atoms with E-state index in [9.17, 15) is 9.59 Å². The zero-order chi connectivity index (χ0) is 11.3. The largest absolute Gasteiger partial charge is 1.00 e. The molecule has 0 rings (SSSR count). The summed E-state index contributed by atoms with van der Waals surface area (Å²) in [5, 5.41) is 22.7. The second-order valence-electron chi connectivity index (χ2n) is 1.42. The van der Waals surface area contributed by atoms with E-state index < -0.39 is 11.9 Å². The van der Waals surface area contributed by atoms with Gasteiger partial charge in [-0.05, 0) is 0 Å². The molecular weight excluding hydrogens is 226 g/mol. The van der Waals surface area contributed by atoms with E-state index in [0.717, 1.165) is 0 Å². The molecule has 0 saturated carbocycles. The molecule has 0 fully saturated rings. The van der Waals surface area contributed by atoms with Crippen molar-refractivity contribution in [1.82, 2.24) is 0 Å². The van der Waals surface area contributed by atoms with Crippen molar-refractivity contribution in [3.63, 3.8) is 0 Å². The first-order valence-corrected chi connectivity index (χ1v) is 3.20. The first kappa shape index (κ1) is 29.7. The Labute approximate surface area is 134 Å². The number of hydrogen-bond donors (Lipinski definition) is 5. The summed E-state index contributed by atoms with van der Waals surface area (Å²) in [6, 6.07) is 0. The molecule has 15 heavy (non-hydrogen) atoms. The Balaban J connectivity index is -0.0000000220. The number of nitrogens with two attached hydrogens (primary N) is 2. The van der Waals surface area contributed by atoms with Gasteiger partial charge < -0.3 is 35.1 Å². The number of carboxylic acid groups (broad SMARTS) is 2. The third-order valence-electron chi connectivity index (χ3n) is 0.349. The second kappa shape index (κ2) is 29.4. The van der Waals surface area contributed by atoms with E-state index in [1.807, 2.05) is 0 Å². The Hall–Kier alpha value is 0.820. The molecule has 0 spiro atoms. The van der Waals surface area contributed by atoms with E-state index in [4.69, 9.17) is 15.3 Å². The molecule has 0 aliphatic rings. The molecule has 0 amide bonds. The van der Waals surface area contributed by atoms with Gasteiger partial charge in [-0.3, -0.25) is 9.59 Å². The number of aliphatic hydroxyl groups is 1. The Morgan fingerprint density at radius 1 is 1.07 bits per heavy atom. The van der Waals surface area contributed by atoms with Crippen molar-refractivity contribution in [1.29, 1.82) is 0 Å². The minimum absolute atomic E-state index is 0. The van der Waals surface area contributed by atoms with Gasteiger partial charge in [-0.1, -0.05) is 6.61 Å². The second-order valence-corrected chi connectivity index (χ2v) is 1.42. The van der Waals surface area contributed by atoms with Gasteiger partial charge in [-0.15, -0.1) is 0 Å². The SMILES string of the molecule is NCC(=O)O.NCC(=O)O.[CH2-]CO.[H-].[Na+].[Na+]. The van der Waals surface area contributed by atoms with Crippen molar-refractivity contribution in [2.24, 2.45) is 11.5 Å². The van der Waals surface area contributed by atoms with Crippen LogP contribution in [-0.4, -0.2) is 47.0 Å². The molecule has 0 aliphatic carbocycles. The molecule has 0 bridgehead atoms. The van der Waals surface area contributed by atoms with Crippen LogP contribution in [0.4, 0.5) is 0 Å². The molecule has 0 heterocycles. The monoisotopic (exact) mass is 242 g/mol. The number of carboxylic acids is 2. The quantitative estimate of drug-likeness (QED) is 0.238. The molecule has 0 aliphatic heterocycles. The minimum Gasteiger partial charge on any atom is -1.00 e. The smallest absolute Gasteiger partial charge is 1.00 e. The van der Waals surface area contributed by atoms with E-state index in [0.29, 0.717) is 0 Å². The van der Waals surface area contributed by atoms with Gasteiger partial charge in [-0.2, -0.15) is 0 Å². The summed E-state index contributed by atoms with van der Waals surface area (Å²) in [6.45, 7) is 2.49. The van der Waals surface area contributed by atoms with Gasteiger partial charge in [0, 0.05) is 0 Å². The Morgan fingerprint density at radius 3 is 1.13 bits per heavy atom. The van der Waals surface area contributed by atoms with Gasteiger partial charge in [0.05, 0.1) is 13.1 Å². The molecule has 7 N–H and O–H groups in total. The van der Waals surface area contributed by atoms with Crippen molar-refractivity contribution in [3.8, 4) is 0 Å². The number of aliphatic hydroxyl groups excluding tert-OH is 1. The molecule has 0 atom stereocenters. The molecule has 82 valence electrons. The van der Waals surface area contributed by atoms with Crippen LogP contribution in [0.5, 0.6) is 0 Å². The standard InChI is InChI=1S/2C2H5NO2.C2H5O.2Na.H/c2*3-1-2(4)5;1-2-3;;;/h2*1,3H2,(H,4,5);3H,1-2H2;;;/q;;-1;2*+1;-1. The Kier molecular flexibility index (Phi) is 58.1. The molecule has 9 heteroatoms. The summed E-state index contributed by atoms with van der Waals surface area (Å²) in [5.41, 5.74) is 9.14. The maximum Gasteiger partial charge on any atom is 1.00 e. The van der Waals surface area contributed by atoms with Crippen LogP contribution in [0.3, 0.4) is 0 Å².